The van der Waals surface area contributed by atoms with E-state index in [1.807, 2.05) is 72.0 Å². The van der Waals surface area contributed by atoms with Crippen LogP contribution < -0.4 is 0 Å². The molecule has 0 unspecified atom stereocenters. The summed E-state index contributed by atoms with van der Waals surface area (Å²) in [6.45, 7) is 0. The van der Waals surface area contributed by atoms with Gasteiger partial charge in [-0.15, -0.1) is 11.3 Å². The normalized spacial score (nSPS) is 11.6. The predicted molar refractivity (Wildman–Crippen MR) is 209 cm³/mol. The Morgan fingerprint density at radius 1 is 0.380 bits per heavy atom. The van der Waals surface area contributed by atoms with Crippen LogP contribution in [0.1, 0.15) is 0 Å². The average molecular weight is 657 g/mol. The van der Waals surface area contributed by atoms with Crippen LogP contribution in [-0.2, 0) is 0 Å². The fourth-order valence-electron chi connectivity index (χ4n) is 7.13. The maximum Gasteiger partial charge on any atom is 0.164 e. The summed E-state index contributed by atoms with van der Waals surface area (Å²) in [4.78, 5) is 15.0. The lowest BCUT2D eigenvalue weighted by atomic mass is 9.97. The molecule has 0 aliphatic carbocycles. The van der Waals surface area contributed by atoms with Gasteiger partial charge in [-0.3, -0.25) is 0 Å². The van der Waals surface area contributed by atoms with Crippen LogP contribution in [0.2, 0.25) is 0 Å². The van der Waals surface area contributed by atoms with Gasteiger partial charge in [0, 0.05) is 53.3 Å². The third-order valence-electron chi connectivity index (χ3n) is 9.45. The van der Waals surface area contributed by atoms with Gasteiger partial charge >= 0.3 is 0 Å². The van der Waals surface area contributed by atoms with Gasteiger partial charge in [-0.05, 0) is 53.6 Å². The number of rotatable bonds is 5. The SMILES string of the molecule is c1ccc(-c2nc(-c3ccccc3)nc(-c3ccc4c5c(-c6ccc7sc8ccccc8c7c6)cccc5n(-c5ccccc5)c4c3)n2)cc1. The van der Waals surface area contributed by atoms with Gasteiger partial charge in [-0.2, -0.15) is 0 Å². The first-order chi connectivity index (χ1) is 24.8. The van der Waals surface area contributed by atoms with Crippen LogP contribution in [0.3, 0.4) is 0 Å². The number of hydrogen-bond acceptors (Lipinski definition) is 4. The highest BCUT2D eigenvalue weighted by Gasteiger charge is 2.19. The van der Waals surface area contributed by atoms with Gasteiger partial charge in [-0.1, -0.05) is 127 Å². The Morgan fingerprint density at radius 2 is 0.980 bits per heavy atom. The summed E-state index contributed by atoms with van der Waals surface area (Å²) in [7, 11) is 0. The zero-order valence-corrected chi connectivity index (χ0v) is 27.7. The van der Waals surface area contributed by atoms with Crippen LogP contribution in [0.4, 0.5) is 0 Å². The number of nitrogens with zero attached hydrogens (tertiary/aromatic N) is 4. The van der Waals surface area contributed by atoms with Crippen LogP contribution in [0.25, 0.3) is 93.0 Å². The largest absolute Gasteiger partial charge is 0.309 e. The molecule has 234 valence electrons. The van der Waals surface area contributed by atoms with Crippen molar-refractivity contribution in [2.24, 2.45) is 0 Å². The van der Waals surface area contributed by atoms with Crippen LogP contribution >= 0.6 is 11.3 Å². The molecule has 0 radical (unpaired) electrons. The van der Waals surface area contributed by atoms with Crippen molar-refractivity contribution in [3.05, 3.63) is 170 Å². The molecule has 3 heterocycles. The molecule has 5 heteroatoms. The van der Waals surface area contributed by atoms with E-state index in [2.05, 4.69) is 114 Å². The summed E-state index contributed by atoms with van der Waals surface area (Å²) in [6, 6.07) is 59.8. The van der Waals surface area contributed by atoms with Gasteiger partial charge in [0.25, 0.3) is 0 Å². The Labute approximate surface area is 292 Å². The predicted octanol–water partition coefficient (Wildman–Crippen LogP) is 12.0. The minimum absolute atomic E-state index is 0.638. The van der Waals surface area contributed by atoms with Crippen molar-refractivity contribution in [3.8, 4) is 51.0 Å². The third-order valence-corrected chi connectivity index (χ3v) is 10.6. The van der Waals surface area contributed by atoms with Gasteiger partial charge in [0.05, 0.1) is 11.0 Å². The monoisotopic (exact) mass is 656 g/mol. The van der Waals surface area contributed by atoms with E-state index in [-0.39, 0.29) is 0 Å². The lowest BCUT2D eigenvalue weighted by Crippen LogP contribution is -2.00. The maximum absolute atomic E-state index is 5.05. The first kappa shape index (κ1) is 28.6. The highest BCUT2D eigenvalue weighted by molar-refractivity contribution is 7.25. The lowest BCUT2D eigenvalue weighted by molar-refractivity contribution is 1.07. The minimum Gasteiger partial charge on any atom is -0.309 e. The van der Waals surface area contributed by atoms with E-state index >= 15 is 0 Å². The van der Waals surface area contributed by atoms with E-state index in [4.69, 9.17) is 15.0 Å². The smallest absolute Gasteiger partial charge is 0.164 e. The van der Waals surface area contributed by atoms with Crippen molar-refractivity contribution in [1.82, 2.24) is 19.5 Å². The molecule has 0 aliphatic heterocycles. The molecule has 0 spiro atoms. The summed E-state index contributed by atoms with van der Waals surface area (Å²) in [5.74, 6) is 1.94. The molecule has 3 aromatic heterocycles. The maximum atomic E-state index is 5.05. The second kappa shape index (κ2) is 11.6. The van der Waals surface area contributed by atoms with Gasteiger partial charge in [-0.25, -0.2) is 15.0 Å². The van der Waals surface area contributed by atoms with E-state index < -0.39 is 0 Å². The molecule has 0 saturated heterocycles. The van der Waals surface area contributed by atoms with Crippen molar-refractivity contribution in [3.63, 3.8) is 0 Å². The second-order valence-corrected chi connectivity index (χ2v) is 13.5. The van der Waals surface area contributed by atoms with Crippen LogP contribution in [0.15, 0.2) is 170 Å². The third kappa shape index (κ3) is 4.71. The zero-order valence-electron chi connectivity index (χ0n) is 26.9. The van der Waals surface area contributed by atoms with Gasteiger partial charge in [0.1, 0.15) is 0 Å². The molecule has 0 fully saturated rings. The van der Waals surface area contributed by atoms with Crippen molar-refractivity contribution >= 4 is 53.3 Å². The van der Waals surface area contributed by atoms with E-state index in [0.717, 1.165) is 33.4 Å². The quantitative estimate of drug-likeness (QED) is 0.185. The number of thiophene rings is 1. The molecule has 10 rings (SSSR count). The van der Waals surface area contributed by atoms with E-state index in [0.29, 0.717) is 17.5 Å². The molecule has 0 bridgehead atoms. The molecule has 10 aromatic rings. The Balaban J connectivity index is 1.22. The molecule has 0 atom stereocenters. The minimum atomic E-state index is 0.638. The van der Waals surface area contributed by atoms with Crippen molar-refractivity contribution < 1.29 is 0 Å². The van der Waals surface area contributed by atoms with Crippen molar-refractivity contribution in [2.75, 3.05) is 0 Å². The highest BCUT2D eigenvalue weighted by Crippen LogP contribution is 2.42. The molecule has 0 aliphatic rings. The van der Waals surface area contributed by atoms with Crippen LogP contribution in [-0.4, -0.2) is 19.5 Å². The van der Waals surface area contributed by atoms with Crippen molar-refractivity contribution in [1.29, 1.82) is 0 Å². The molecule has 0 amide bonds. The second-order valence-electron chi connectivity index (χ2n) is 12.5. The Kier molecular flexibility index (Phi) is 6.64. The number of aromatic nitrogens is 4. The Bertz CT molecular complexity index is 2800. The fraction of sp³-hybridized carbons (Fsp3) is 0. The molecule has 0 N–H and O–H groups in total. The number of para-hydroxylation sites is 1. The first-order valence-electron chi connectivity index (χ1n) is 16.7. The summed E-state index contributed by atoms with van der Waals surface area (Å²) < 4.78 is 4.99. The fourth-order valence-corrected chi connectivity index (χ4v) is 8.22. The van der Waals surface area contributed by atoms with Crippen LogP contribution in [0.5, 0.6) is 0 Å². The van der Waals surface area contributed by atoms with E-state index in [1.165, 1.54) is 42.1 Å². The Hall–Kier alpha value is -6.43. The lowest BCUT2D eigenvalue weighted by Gasteiger charge is -2.10. The van der Waals surface area contributed by atoms with Gasteiger partial charge in [0.15, 0.2) is 17.5 Å². The summed E-state index contributed by atoms with van der Waals surface area (Å²) in [6.07, 6.45) is 0. The zero-order chi connectivity index (χ0) is 33.0. The highest BCUT2D eigenvalue weighted by atomic mass is 32.1. The summed E-state index contributed by atoms with van der Waals surface area (Å²) in [5.41, 5.74) is 8.61. The number of hydrogen-bond donors (Lipinski definition) is 0. The molecule has 7 aromatic carbocycles. The van der Waals surface area contributed by atoms with Gasteiger partial charge < -0.3 is 4.57 Å². The first-order valence-corrected chi connectivity index (χ1v) is 17.5. The van der Waals surface area contributed by atoms with Crippen LogP contribution in [0, 0.1) is 0 Å². The Morgan fingerprint density at radius 3 is 1.70 bits per heavy atom. The summed E-state index contributed by atoms with van der Waals surface area (Å²) >= 11 is 1.85. The van der Waals surface area contributed by atoms with Gasteiger partial charge in [0.2, 0.25) is 0 Å². The molecule has 50 heavy (non-hydrogen) atoms. The van der Waals surface area contributed by atoms with E-state index in [1.54, 1.807) is 0 Å². The topological polar surface area (TPSA) is 43.6 Å². The number of fused-ring (bicyclic) bond motifs is 6. The van der Waals surface area contributed by atoms with E-state index in [9.17, 15) is 0 Å². The summed E-state index contributed by atoms with van der Waals surface area (Å²) in [5, 5.41) is 5.01. The average Bonchev–Trinajstić information content (AvgIpc) is 3.74. The number of benzene rings is 7. The molecule has 4 nitrogen and oxygen atoms in total. The molecular weight excluding hydrogens is 629 g/mol. The molecular formula is C45H28N4S. The standard InChI is InChI=1S/C45H28N4S/c1-4-13-29(14-5-1)43-46-44(30-15-6-2-7-16-30)48-45(47-43)32-23-25-36-39(28-32)49(33-17-8-3-9-18-33)38-21-12-20-34(42(36)38)31-24-26-41-37(27-31)35-19-10-11-22-40(35)50-41/h1-28H. The molecule has 0 saturated carbocycles. The van der Waals surface area contributed by atoms with Crippen molar-refractivity contribution in [2.45, 2.75) is 0 Å².